The number of anilines is 3. The molecule has 0 saturated heterocycles. The highest BCUT2D eigenvalue weighted by Crippen LogP contribution is 2.48. The molecule has 0 spiro atoms. The highest BCUT2D eigenvalue weighted by molar-refractivity contribution is 7.88. The van der Waals surface area contributed by atoms with Crippen molar-refractivity contribution in [2.45, 2.75) is 5.51 Å². The molecule has 0 aliphatic carbocycles. The van der Waals surface area contributed by atoms with E-state index >= 15 is 0 Å². The zero-order valence-corrected chi connectivity index (χ0v) is 34.9. The fourth-order valence-corrected chi connectivity index (χ4v) is 9.78. The summed E-state index contributed by atoms with van der Waals surface area (Å²) in [5.74, 6) is -0.522. The molecule has 12 aromatic rings. The van der Waals surface area contributed by atoms with Gasteiger partial charge in [0.05, 0.1) is 16.7 Å². The van der Waals surface area contributed by atoms with Gasteiger partial charge in [-0.3, -0.25) is 0 Å². The molecule has 0 saturated carbocycles. The molecule has 2 aromatic heterocycles. The van der Waals surface area contributed by atoms with Gasteiger partial charge in [-0.2, -0.15) is 21.6 Å². The zero-order chi connectivity index (χ0) is 44.0. The molecule has 0 radical (unpaired) electrons. The lowest BCUT2D eigenvalue weighted by molar-refractivity contribution is -0.0500. The van der Waals surface area contributed by atoms with Crippen LogP contribution in [0.25, 0.3) is 92.9 Å². The molecule has 6 nitrogen and oxygen atoms in total. The van der Waals surface area contributed by atoms with Crippen molar-refractivity contribution >= 4 is 103 Å². The van der Waals surface area contributed by atoms with Gasteiger partial charge in [0.15, 0.2) is 5.58 Å². The van der Waals surface area contributed by atoms with Crippen molar-refractivity contribution in [1.82, 2.24) is 4.57 Å². The van der Waals surface area contributed by atoms with Gasteiger partial charge in [-0.15, -0.1) is 0 Å². The Morgan fingerprint density at radius 2 is 1.09 bits per heavy atom. The molecule has 314 valence electrons. The van der Waals surface area contributed by atoms with Crippen LogP contribution >= 0.6 is 0 Å². The largest absolute Gasteiger partial charge is 0.534 e. The van der Waals surface area contributed by atoms with Crippen molar-refractivity contribution in [2.75, 3.05) is 4.90 Å². The smallest absolute Gasteiger partial charge is 0.453 e. The third kappa shape index (κ3) is 6.28. The fourth-order valence-electron chi connectivity index (χ4n) is 9.33. The minimum atomic E-state index is -6.06. The van der Waals surface area contributed by atoms with E-state index < -0.39 is 21.4 Å². The average Bonchev–Trinajstić information content (AvgIpc) is 3.85. The molecule has 0 aliphatic heterocycles. The molecule has 65 heavy (non-hydrogen) atoms. The minimum Gasteiger partial charge on any atom is -0.453 e. The maximum atomic E-state index is 14.0. The van der Waals surface area contributed by atoms with Crippen LogP contribution in [0.3, 0.4) is 0 Å². The van der Waals surface area contributed by atoms with Crippen LogP contribution in [0.5, 0.6) is 5.75 Å². The Bertz CT molecular complexity index is 4000. The summed E-state index contributed by atoms with van der Waals surface area (Å²) in [5.41, 5.74) is 1.60. The van der Waals surface area contributed by atoms with Gasteiger partial charge in [-0.25, -0.2) is 0 Å². The Morgan fingerprint density at radius 3 is 1.83 bits per heavy atom. The van der Waals surface area contributed by atoms with E-state index in [0.717, 1.165) is 70.9 Å². The van der Waals surface area contributed by atoms with Crippen molar-refractivity contribution in [1.29, 1.82) is 0 Å². The number of alkyl halides is 3. The van der Waals surface area contributed by atoms with E-state index in [1.807, 2.05) is 138 Å². The lowest BCUT2D eigenvalue weighted by atomic mass is 9.94. The van der Waals surface area contributed by atoms with Crippen molar-refractivity contribution in [2.24, 2.45) is 0 Å². The molecule has 0 amide bonds. The first-order valence-electron chi connectivity index (χ1n) is 20.9. The predicted octanol–water partition coefficient (Wildman–Crippen LogP) is 15.5. The summed E-state index contributed by atoms with van der Waals surface area (Å²) >= 11 is 0. The van der Waals surface area contributed by atoms with E-state index in [9.17, 15) is 21.6 Å². The minimum absolute atomic E-state index is 0.278. The highest BCUT2D eigenvalue weighted by atomic mass is 32.2. The van der Waals surface area contributed by atoms with Crippen LogP contribution in [0.1, 0.15) is 0 Å². The van der Waals surface area contributed by atoms with E-state index in [2.05, 4.69) is 59.2 Å². The first-order chi connectivity index (χ1) is 31.6. The summed E-state index contributed by atoms with van der Waals surface area (Å²) in [6, 6.07) is 64.8. The number of nitrogens with zero attached hydrogens (tertiary/aromatic N) is 2. The summed E-state index contributed by atoms with van der Waals surface area (Å²) in [6.07, 6.45) is 0. The van der Waals surface area contributed by atoms with Crippen LogP contribution < -0.4 is 9.08 Å². The van der Waals surface area contributed by atoms with Crippen LogP contribution in [0.15, 0.2) is 205 Å². The van der Waals surface area contributed by atoms with Gasteiger partial charge in [-0.05, 0) is 111 Å². The van der Waals surface area contributed by atoms with Crippen LogP contribution in [-0.4, -0.2) is 18.5 Å². The number of rotatable bonds is 7. The summed E-state index contributed by atoms with van der Waals surface area (Å²) in [7, 11) is -6.06. The number of furan rings is 1. The van der Waals surface area contributed by atoms with Gasteiger partial charge >= 0.3 is 15.6 Å². The molecule has 0 fully saturated rings. The van der Waals surface area contributed by atoms with Gasteiger partial charge in [0.2, 0.25) is 0 Å². The Balaban J connectivity index is 1.14. The van der Waals surface area contributed by atoms with Crippen molar-refractivity contribution in [3.8, 4) is 22.6 Å². The lowest BCUT2D eigenvalue weighted by Crippen LogP contribution is -2.28. The van der Waals surface area contributed by atoms with Crippen molar-refractivity contribution in [3.63, 3.8) is 0 Å². The normalized spacial score (nSPS) is 12.4. The zero-order valence-electron chi connectivity index (χ0n) is 34.1. The quantitative estimate of drug-likeness (QED) is 0.118. The number of fused-ring (bicyclic) bond motifs is 10. The number of halogens is 3. The highest BCUT2D eigenvalue weighted by Gasteiger charge is 2.48. The second-order valence-electron chi connectivity index (χ2n) is 16.1. The molecule has 0 unspecified atom stereocenters. The molecule has 12 rings (SSSR count). The first-order valence-corrected chi connectivity index (χ1v) is 22.3. The fraction of sp³-hybridized carbons (Fsp3) is 0.0182. The molecular weight excluding hydrogens is 842 g/mol. The lowest BCUT2D eigenvalue weighted by Gasteiger charge is -2.26. The van der Waals surface area contributed by atoms with Gasteiger partial charge < -0.3 is 18.1 Å². The van der Waals surface area contributed by atoms with E-state index in [4.69, 9.17) is 8.60 Å². The Hall–Kier alpha value is -8.08. The topological polar surface area (TPSA) is 64.7 Å². The summed E-state index contributed by atoms with van der Waals surface area (Å²) in [5, 5.41) is 8.86. The number of aromatic nitrogens is 1. The summed E-state index contributed by atoms with van der Waals surface area (Å²) in [6.45, 7) is 0. The molecule has 0 bridgehead atoms. The van der Waals surface area contributed by atoms with Gasteiger partial charge in [0, 0.05) is 50.1 Å². The van der Waals surface area contributed by atoms with E-state index in [0.29, 0.717) is 33.3 Å². The standard InChI is InChI=1S/C55H33F3N2O4S/c56-55(57,58)65(61,62)64-42-31-48-49-33-45(38-24-26-50-46(29-38)47-28-36-15-9-10-16-37(36)30-51(47)60(50)40-19-5-2-6-20-40)43-21-11-12-22-44(43)53(49)63-54(48)52(32-42)59(39-17-3-1-4-18-39)41-25-23-34-13-7-8-14-35(34)27-41/h1-33H. The van der Waals surface area contributed by atoms with Crippen molar-refractivity contribution in [3.05, 3.63) is 200 Å². The first kappa shape index (κ1) is 38.6. The third-order valence-corrected chi connectivity index (χ3v) is 13.2. The van der Waals surface area contributed by atoms with Gasteiger partial charge in [0.25, 0.3) is 0 Å². The Labute approximate surface area is 369 Å². The number of benzene rings is 10. The van der Waals surface area contributed by atoms with E-state index in [1.54, 1.807) is 0 Å². The van der Waals surface area contributed by atoms with Crippen LogP contribution in [0, 0.1) is 0 Å². The monoisotopic (exact) mass is 874 g/mol. The average molecular weight is 875 g/mol. The second-order valence-corrected chi connectivity index (χ2v) is 17.6. The maximum absolute atomic E-state index is 14.0. The maximum Gasteiger partial charge on any atom is 0.534 e. The molecule has 2 heterocycles. The molecule has 0 atom stereocenters. The molecule has 10 heteroatoms. The third-order valence-electron chi connectivity index (χ3n) is 12.2. The Kier molecular flexibility index (Phi) is 8.60. The van der Waals surface area contributed by atoms with E-state index in [1.165, 1.54) is 12.1 Å². The molecule has 0 aliphatic rings. The summed E-state index contributed by atoms with van der Waals surface area (Å²) < 4.78 is 81.6. The van der Waals surface area contributed by atoms with Gasteiger partial charge in [0.1, 0.15) is 11.3 Å². The van der Waals surface area contributed by atoms with Crippen molar-refractivity contribution < 1.29 is 30.2 Å². The van der Waals surface area contributed by atoms with Crippen LogP contribution in [0.2, 0.25) is 0 Å². The Morgan fingerprint density at radius 1 is 0.477 bits per heavy atom. The summed E-state index contributed by atoms with van der Waals surface area (Å²) in [4.78, 5) is 1.84. The second kappa shape index (κ2) is 14.5. The number of para-hydroxylation sites is 2. The van der Waals surface area contributed by atoms with E-state index in [-0.39, 0.29) is 5.69 Å². The number of hydrogen-bond acceptors (Lipinski definition) is 5. The molecule has 10 aromatic carbocycles. The molecule has 0 N–H and O–H groups in total. The molecular formula is C55H33F3N2O4S. The van der Waals surface area contributed by atoms with Crippen LogP contribution in [0.4, 0.5) is 30.2 Å². The van der Waals surface area contributed by atoms with Crippen LogP contribution in [-0.2, 0) is 10.1 Å². The predicted molar refractivity (Wildman–Crippen MR) is 256 cm³/mol. The SMILES string of the molecule is O=S(=O)(Oc1cc(N(c2ccccc2)c2ccc3ccccc3c2)c2oc3c4ccccc4c(-c4ccc5c(c4)c4cc6ccccc6cc4n5-c4ccccc4)cc3c2c1)C(F)(F)F. The van der Waals surface area contributed by atoms with Gasteiger partial charge in [-0.1, -0.05) is 121 Å². The number of hydrogen-bond donors (Lipinski definition) is 0.